The molecule has 98 valence electrons. The fourth-order valence-electron chi connectivity index (χ4n) is 1.96. The first-order chi connectivity index (χ1) is 9.08. The molecule has 0 bridgehead atoms. The van der Waals surface area contributed by atoms with E-state index in [-0.39, 0.29) is 11.7 Å². The molecule has 0 fully saturated rings. The number of aryl methyl sites for hydroxylation is 1. The van der Waals surface area contributed by atoms with Crippen molar-refractivity contribution < 1.29 is 9.18 Å². The number of rotatable bonds is 3. The second-order valence-electron chi connectivity index (χ2n) is 4.61. The van der Waals surface area contributed by atoms with Gasteiger partial charge in [-0.05, 0) is 30.2 Å². The number of hydrogen-bond acceptors (Lipinski definition) is 1. The zero-order valence-corrected chi connectivity index (χ0v) is 11.1. The fourth-order valence-corrected chi connectivity index (χ4v) is 1.96. The summed E-state index contributed by atoms with van der Waals surface area (Å²) in [6, 6.07) is 14.0. The third-order valence-electron chi connectivity index (χ3n) is 3.04. The third-order valence-corrected chi connectivity index (χ3v) is 3.04. The van der Waals surface area contributed by atoms with Crippen LogP contribution >= 0.6 is 0 Å². The third kappa shape index (κ3) is 3.19. The summed E-state index contributed by atoms with van der Waals surface area (Å²) in [6.45, 7) is 2.32. The van der Waals surface area contributed by atoms with E-state index in [1.807, 2.05) is 37.3 Å². The van der Waals surface area contributed by atoms with Gasteiger partial charge in [-0.1, -0.05) is 36.4 Å². The van der Waals surface area contributed by atoms with Crippen LogP contribution < -0.4 is 0 Å². The largest absolute Gasteiger partial charge is 0.337 e. The Morgan fingerprint density at radius 3 is 2.53 bits per heavy atom. The van der Waals surface area contributed by atoms with Crippen molar-refractivity contribution in [3.8, 4) is 0 Å². The smallest absolute Gasteiger partial charge is 0.254 e. The first-order valence-electron chi connectivity index (χ1n) is 6.13. The molecule has 0 atom stereocenters. The highest BCUT2D eigenvalue weighted by Gasteiger charge is 2.15. The van der Waals surface area contributed by atoms with Gasteiger partial charge in [0.25, 0.3) is 5.91 Å². The highest BCUT2D eigenvalue weighted by Crippen LogP contribution is 2.14. The Hall–Kier alpha value is -2.16. The summed E-state index contributed by atoms with van der Waals surface area (Å²) in [5.74, 6) is -0.553. The number of halogens is 1. The molecule has 0 aromatic heterocycles. The maximum absolute atomic E-state index is 13.2. The lowest BCUT2D eigenvalue weighted by Gasteiger charge is -2.18. The Morgan fingerprint density at radius 2 is 1.84 bits per heavy atom. The second-order valence-corrected chi connectivity index (χ2v) is 4.61. The molecule has 0 aliphatic heterocycles. The molecule has 2 aromatic carbocycles. The Labute approximate surface area is 112 Å². The Morgan fingerprint density at radius 1 is 1.16 bits per heavy atom. The Balaban J connectivity index is 2.17. The molecule has 0 aliphatic carbocycles. The lowest BCUT2D eigenvalue weighted by atomic mass is 10.1. The standard InChI is InChI=1S/C16H16FNO/c1-12-8-9-14(17)10-15(12)16(19)18(2)11-13-6-4-3-5-7-13/h3-10H,11H2,1-2H3. The van der Waals surface area contributed by atoms with Crippen LogP contribution in [0.2, 0.25) is 0 Å². The summed E-state index contributed by atoms with van der Waals surface area (Å²) < 4.78 is 13.2. The zero-order valence-electron chi connectivity index (χ0n) is 11.1. The van der Waals surface area contributed by atoms with E-state index in [0.717, 1.165) is 11.1 Å². The van der Waals surface area contributed by atoms with Gasteiger partial charge >= 0.3 is 0 Å². The molecule has 0 aliphatic rings. The van der Waals surface area contributed by atoms with Gasteiger partial charge in [-0.3, -0.25) is 4.79 Å². The van der Waals surface area contributed by atoms with Crippen LogP contribution in [-0.2, 0) is 6.54 Å². The minimum atomic E-state index is -0.387. The lowest BCUT2D eigenvalue weighted by Crippen LogP contribution is -2.26. The van der Waals surface area contributed by atoms with E-state index in [1.165, 1.54) is 12.1 Å². The quantitative estimate of drug-likeness (QED) is 0.825. The molecule has 0 saturated carbocycles. The van der Waals surface area contributed by atoms with Gasteiger partial charge in [0, 0.05) is 19.2 Å². The van der Waals surface area contributed by atoms with Crippen molar-refractivity contribution in [1.29, 1.82) is 0 Å². The lowest BCUT2D eigenvalue weighted by molar-refractivity contribution is 0.0784. The maximum Gasteiger partial charge on any atom is 0.254 e. The van der Waals surface area contributed by atoms with Crippen molar-refractivity contribution >= 4 is 5.91 Å². The van der Waals surface area contributed by atoms with Crippen molar-refractivity contribution in [2.75, 3.05) is 7.05 Å². The highest BCUT2D eigenvalue weighted by molar-refractivity contribution is 5.95. The summed E-state index contributed by atoms with van der Waals surface area (Å²) in [7, 11) is 1.72. The summed E-state index contributed by atoms with van der Waals surface area (Å²) in [6.07, 6.45) is 0. The minimum Gasteiger partial charge on any atom is -0.337 e. The van der Waals surface area contributed by atoms with Crippen molar-refractivity contribution in [2.45, 2.75) is 13.5 Å². The molecule has 2 rings (SSSR count). The first kappa shape index (κ1) is 13.3. The zero-order chi connectivity index (χ0) is 13.8. The summed E-state index contributed by atoms with van der Waals surface area (Å²) in [4.78, 5) is 13.9. The van der Waals surface area contributed by atoms with Crippen molar-refractivity contribution in [3.63, 3.8) is 0 Å². The van der Waals surface area contributed by atoms with E-state index in [0.29, 0.717) is 12.1 Å². The van der Waals surface area contributed by atoms with Gasteiger partial charge in [0.15, 0.2) is 0 Å². The molecule has 0 spiro atoms. The molecule has 0 saturated heterocycles. The van der Waals surface area contributed by atoms with Gasteiger partial charge in [-0.15, -0.1) is 0 Å². The van der Waals surface area contributed by atoms with E-state index < -0.39 is 0 Å². The van der Waals surface area contributed by atoms with Crippen LogP contribution in [-0.4, -0.2) is 17.9 Å². The van der Waals surface area contributed by atoms with Crippen molar-refractivity contribution in [2.24, 2.45) is 0 Å². The van der Waals surface area contributed by atoms with Gasteiger partial charge in [0.05, 0.1) is 0 Å². The monoisotopic (exact) mass is 257 g/mol. The number of hydrogen-bond donors (Lipinski definition) is 0. The van der Waals surface area contributed by atoms with Gasteiger partial charge in [-0.2, -0.15) is 0 Å². The fraction of sp³-hybridized carbons (Fsp3) is 0.188. The SMILES string of the molecule is Cc1ccc(F)cc1C(=O)N(C)Cc1ccccc1. The molecular weight excluding hydrogens is 241 g/mol. The van der Waals surface area contributed by atoms with Gasteiger partial charge in [-0.25, -0.2) is 4.39 Å². The minimum absolute atomic E-state index is 0.166. The Bertz CT molecular complexity index is 581. The van der Waals surface area contributed by atoms with Crippen LogP contribution in [0.3, 0.4) is 0 Å². The molecule has 0 N–H and O–H groups in total. The van der Waals surface area contributed by atoms with E-state index >= 15 is 0 Å². The van der Waals surface area contributed by atoms with Crippen LogP contribution in [0, 0.1) is 12.7 Å². The van der Waals surface area contributed by atoms with Crippen LogP contribution in [0.1, 0.15) is 21.5 Å². The summed E-state index contributed by atoms with van der Waals surface area (Å²) >= 11 is 0. The maximum atomic E-state index is 13.2. The van der Waals surface area contributed by atoms with E-state index in [1.54, 1.807) is 18.0 Å². The molecule has 19 heavy (non-hydrogen) atoms. The predicted molar refractivity (Wildman–Crippen MR) is 73.4 cm³/mol. The average molecular weight is 257 g/mol. The normalized spacial score (nSPS) is 10.3. The van der Waals surface area contributed by atoms with Gasteiger partial charge < -0.3 is 4.90 Å². The molecule has 0 unspecified atom stereocenters. The number of nitrogens with zero attached hydrogens (tertiary/aromatic N) is 1. The predicted octanol–water partition coefficient (Wildman–Crippen LogP) is 3.41. The van der Waals surface area contributed by atoms with Gasteiger partial charge in [0.2, 0.25) is 0 Å². The second kappa shape index (κ2) is 5.65. The van der Waals surface area contributed by atoms with Crippen LogP contribution in [0.4, 0.5) is 4.39 Å². The number of amides is 1. The highest BCUT2D eigenvalue weighted by atomic mass is 19.1. The molecule has 0 heterocycles. The molecular formula is C16H16FNO. The molecule has 1 amide bonds. The van der Waals surface area contributed by atoms with E-state index in [4.69, 9.17) is 0 Å². The molecule has 3 heteroatoms. The van der Waals surface area contributed by atoms with Crippen LogP contribution in [0.5, 0.6) is 0 Å². The van der Waals surface area contributed by atoms with E-state index in [2.05, 4.69) is 0 Å². The summed E-state index contributed by atoms with van der Waals surface area (Å²) in [5, 5.41) is 0. The first-order valence-corrected chi connectivity index (χ1v) is 6.13. The molecule has 0 radical (unpaired) electrons. The van der Waals surface area contributed by atoms with Crippen LogP contribution in [0.15, 0.2) is 48.5 Å². The molecule has 2 nitrogen and oxygen atoms in total. The summed E-state index contributed by atoms with van der Waals surface area (Å²) in [5.41, 5.74) is 2.25. The topological polar surface area (TPSA) is 20.3 Å². The van der Waals surface area contributed by atoms with Crippen LogP contribution in [0.25, 0.3) is 0 Å². The molecule has 2 aromatic rings. The average Bonchev–Trinajstić information content (AvgIpc) is 2.42. The van der Waals surface area contributed by atoms with E-state index in [9.17, 15) is 9.18 Å². The number of carbonyl (C=O) groups is 1. The number of carbonyl (C=O) groups excluding carboxylic acids is 1. The number of benzene rings is 2. The van der Waals surface area contributed by atoms with Crippen molar-refractivity contribution in [3.05, 3.63) is 71.0 Å². The Kier molecular flexibility index (Phi) is 3.95. The van der Waals surface area contributed by atoms with Crippen molar-refractivity contribution in [1.82, 2.24) is 4.90 Å². The van der Waals surface area contributed by atoms with Gasteiger partial charge in [0.1, 0.15) is 5.82 Å².